The van der Waals surface area contributed by atoms with Crippen molar-refractivity contribution >= 4 is 11.7 Å². The Labute approximate surface area is 128 Å². The molecule has 1 aliphatic rings. The fraction of sp³-hybridized carbons (Fsp3) is 0.692. The van der Waals surface area contributed by atoms with Gasteiger partial charge < -0.3 is 14.2 Å². The Balaban J connectivity index is 0.000000287. The summed E-state index contributed by atoms with van der Waals surface area (Å²) in [5, 5.41) is 3.82. The average Bonchev–Trinajstić information content (AvgIpc) is 3.04. The highest BCUT2D eigenvalue weighted by Gasteiger charge is 2.30. The van der Waals surface area contributed by atoms with Gasteiger partial charge in [0, 0.05) is 7.05 Å². The summed E-state index contributed by atoms with van der Waals surface area (Å²) >= 11 is 0. The van der Waals surface area contributed by atoms with Gasteiger partial charge in [0.05, 0.1) is 24.7 Å². The van der Waals surface area contributed by atoms with Crippen molar-refractivity contribution in [1.29, 1.82) is 0 Å². The van der Waals surface area contributed by atoms with Crippen LogP contribution in [-0.4, -0.2) is 53.4 Å². The Bertz CT molecular complexity index is 518. The molecule has 0 bridgehead atoms. The maximum atomic E-state index is 11.4. The van der Waals surface area contributed by atoms with Crippen LogP contribution in [0.1, 0.15) is 31.3 Å². The van der Waals surface area contributed by atoms with Crippen molar-refractivity contribution < 1.29 is 28.8 Å². The van der Waals surface area contributed by atoms with Gasteiger partial charge in [-0.1, -0.05) is 0 Å². The van der Waals surface area contributed by atoms with Gasteiger partial charge >= 0.3 is 11.7 Å². The lowest BCUT2D eigenvalue weighted by Crippen LogP contribution is -2.18. The quantitative estimate of drug-likeness (QED) is 0.611. The fourth-order valence-corrected chi connectivity index (χ4v) is 1.67. The summed E-state index contributed by atoms with van der Waals surface area (Å²) in [6.07, 6.45) is 1.38. The van der Waals surface area contributed by atoms with Crippen molar-refractivity contribution in [2.45, 2.75) is 26.6 Å². The van der Waals surface area contributed by atoms with E-state index in [1.165, 1.54) is 18.0 Å². The Morgan fingerprint density at radius 1 is 1.45 bits per heavy atom. The highest BCUT2D eigenvalue weighted by Crippen LogP contribution is 2.17. The maximum Gasteiger partial charge on any atom is 0.369 e. The lowest BCUT2D eigenvalue weighted by molar-refractivity contribution is -0.736. The van der Waals surface area contributed by atoms with Crippen LogP contribution < -0.4 is 0 Å². The Morgan fingerprint density at radius 3 is 2.45 bits per heavy atom. The maximum absolute atomic E-state index is 11.4. The van der Waals surface area contributed by atoms with E-state index in [-0.39, 0.29) is 28.7 Å². The van der Waals surface area contributed by atoms with E-state index in [4.69, 9.17) is 14.2 Å². The number of nitrogens with zero attached hydrogens (tertiary/aromatic N) is 3. The van der Waals surface area contributed by atoms with Gasteiger partial charge in [0.2, 0.25) is 0 Å². The molecule has 0 spiro atoms. The van der Waals surface area contributed by atoms with Crippen molar-refractivity contribution in [2.24, 2.45) is 7.05 Å². The molecule has 0 atom stereocenters. The first-order chi connectivity index (χ1) is 10.3. The predicted molar refractivity (Wildman–Crippen MR) is 75.4 cm³/mol. The van der Waals surface area contributed by atoms with Crippen LogP contribution in [0.5, 0.6) is 0 Å². The molecule has 9 heteroatoms. The van der Waals surface area contributed by atoms with Crippen molar-refractivity contribution in [3.63, 3.8) is 0 Å². The molecule has 2 rings (SSSR count). The van der Waals surface area contributed by atoms with Gasteiger partial charge in [-0.15, -0.1) is 0 Å². The molecular formula is C13H22N3O6+. The van der Waals surface area contributed by atoms with Crippen LogP contribution in [0.15, 0.2) is 6.20 Å². The lowest BCUT2D eigenvalue weighted by Gasteiger charge is -2.13. The monoisotopic (exact) mass is 316 g/mol. The minimum Gasteiger partial charge on any atom is -0.461 e. The predicted octanol–water partition coefficient (Wildman–Crippen LogP) is 1.34. The molecule has 0 radical (unpaired) electrons. The number of aryl methyl sites for hydroxylation is 1. The minimum atomic E-state index is -0.647. The zero-order valence-electron chi connectivity index (χ0n) is 13.5. The Morgan fingerprint density at radius 2 is 2.05 bits per heavy atom. The number of rotatable bonds is 4. The molecule has 1 aromatic rings. The van der Waals surface area contributed by atoms with Crippen LogP contribution in [0.3, 0.4) is 0 Å². The molecular weight excluding hydrogens is 294 g/mol. The second-order valence-electron chi connectivity index (χ2n) is 4.79. The smallest absolute Gasteiger partial charge is 0.369 e. The largest absolute Gasteiger partial charge is 0.461 e. The third kappa shape index (κ3) is 5.08. The molecule has 1 aromatic heterocycles. The first-order valence-corrected chi connectivity index (χ1v) is 6.80. The minimum absolute atomic E-state index is 0.0263. The molecule has 0 unspecified atom stereocenters. The van der Waals surface area contributed by atoms with E-state index in [1.807, 2.05) is 13.8 Å². The van der Waals surface area contributed by atoms with Crippen molar-refractivity contribution in [3.8, 4) is 0 Å². The van der Waals surface area contributed by atoms with Crippen molar-refractivity contribution in [1.82, 2.24) is 9.78 Å². The summed E-state index contributed by atoms with van der Waals surface area (Å²) < 4.78 is 16.3. The zero-order chi connectivity index (χ0) is 16.8. The van der Waals surface area contributed by atoms with Crippen molar-refractivity contribution in [2.75, 3.05) is 26.9 Å². The second kappa shape index (κ2) is 7.85. The third-order valence-corrected chi connectivity index (χ3v) is 2.62. The molecule has 0 saturated carbocycles. The van der Waals surface area contributed by atoms with Crippen LogP contribution >= 0.6 is 0 Å². The molecule has 1 saturated heterocycles. The van der Waals surface area contributed by atoms with Crippen molar-refractivity contribution in [3.05, 3.63) is 16.8 Å². The van der Waals surface area contributed by atoms with Gasteiger partial charge in [0.25, 0.3) is 10.6 Å². The molecule has 1 fully saturated rings. The Kier molecular flexibility index (Phi) is 6.44. The number of aromatic nitrogens is 2. The van der Waals surface area contributed by atoms with Crippen LogP contribution in [-0.2, 0) is 26.1 Å². The average molecular weight is 316 g/mol. The topological polar surface area (TPSA) is 91.9 Å². The first-order valence-electron chi connectivity index (χ1n) is 6.80. The summed E-state index contributed by atoms with van der Waals surface area (Å²) in [5.41, 5.74) is -0.0327. The SMILES string of the molecule is CC1(C)OCCO1.CCOC(=O)c1nn(C)cc1[N+](=O)OC. The highest BCUT2D eigenvalue weighted by atomic mass is 16.8. The van der Waals surface area contributed by atoms with E-state index >= 15 is 0 Å². The number of hydrogen-bond acceptors (Lipinski definition) is 7. The first kappa shape index (κ1) is 18.1. The van der Waals surface area contributed by atoms with E-state index in [2.05, 4.69) is 9.94 Å². The van der Waals surface area contributed by atoms with E-state index in [1.54, 1.807) is 14.0 Å². The molecule has 22 heavy (non-hydrogen) atoms. The number of carbonyl (C=O) groups excluding carboxylic acids is 1. The normalized spacial score (nSPS) is 15.7. The molecule has 1 aliphatic heterocycles. The molecule has 9 nitrogen and oxygen atoms in total. The van der Waals surface area contributed by atoms with Gasteiger partial charge in [-0.3, -0.25) is 4.68 Å². The third-order valence-electron chi connectivity index (χ3n) is 2.62. The van der Waals surface area contributed by atoms with Crippen LogP contribution in [0.4, 0.5) is 5.69 Å². The van der Waals surface area contributed by atoms with Gasteiger partial charge in [-0.2, -0.15) is 5.10 Å². The van der Waals surface area contributed by atoms with Gasteiger partial charge in [-0.25, -0.2) is 9.63 Å². The number of hydrogen-bond donors (Lipinski definition) is 0. The molecule has 2 heterocycles. The van der Waals surface area contributed by atoms with E-state index in [0.717, 1.165) is 13.2 Å². The van der Waals surface area contributed by atoms with Crippen LogP contribution in [0.2, 0.25) is 0 Å². The summed E-state index contributed by atoms with van der Waals surface area (Å²) in [6, 6.07) is 0. The van der Waals surface area contributed by atoms with E-state index in [0.29, 0.717) is 0 Å². The van der Waals surface area contributed by atoms with Gasteiger partial charge in [-0.05, 0) is 20.8 Å². The number of carbonyl (C=O) groups is 1. The lowest BCUT2D eigenvalue weighted by atomic mass is 10.4. The molecule has 0 aliphatic carbocycles. The second-order valence-corrected chi connectivity index (χ2v) is 4.79. The molecule has 124 valence electrons. The fourth-order valence-electron chi connectivity index (χ4n) is 1.67. The van der Waals surface area contributed by atoms with Crippen LogP contribution in [0.25, 0.3) is 0 Å². The summed E-state index contributed by atoms with van der Waals surface area (Å²) in [6.45, 7) is 7.21. The van der Waals surface area contributed by atoms with Gasteiger partial charge in [0.1, 0.15) is 6.20 Å². The van der Waals surface area contributed by atoms with Crippen LogP contribution in [0, 0.1) is 4.91 Å². The number of ether oxygens (including phenoxy) is 3. The molecule has 0 amide bonds. The Hall–Kier alpha value is -2.00. The standard InChI is InChI=1S/C8H12N3O4.C5H10O2/c1-4-15-8(12)7-6(11(13)14-3)5-10(2)9-7;1-5(2)6-3-4-7-5/h5H,4H2,1-3H3;3-4H2,1-2H3/q+1;. The number of esters is 1. The summed E-state index contributed by atoms with van der Waals surface area (Å²) in [5.74, 6) is -0.953. The molecule has 0 aromatic carbocycles. The van der Waals surface area contributed by atoms with E-state index < -0.39 is 5.97 Å². The zero-order valence-corrected chi connectivity index (χ0v) is 13.5. The van der Waals surface area contributed by atoms with E-state index in [9.17, 15) is 9.70 Å². The summed E-state index contributed by atoms with van der Waals surface area (Å²) in [4.78, 5) is 27.2. The summed E-state index contributed by atoms with van der Waals surface area (Å²) in [7, 11) is 2.80. The molecule has 0 N–H and O–H groups in total. The van der Waals surface area contributed by atoms with Gasteiger partial charge in [0.15, 0.2) is 12.9 Å². The highest BCUT2D eigenvalue weighted by molar-refractivity contribution is 5.91.